The highest BCUT2D eigenvalue weighted by atomic mass is 35.5. The molecule has 2 heterocycles. The minimum absolute atomic E-state index is 0.145. The number of hydrogen-bond acceptors (Lipinski definition) is 4. The minimum Gasteiger partial charge on any atom is -0.369 e. The Kier molecular flexibility index (Phi) is 5.24. The molecule has 1 fully saturated rings. The number of halogens is 1. The monoisotopic (exact) mass is 397 g/mol. The Morgan fingerprint density at radius 1 is 1.14 bits per heavy atom. The number of hydrogen-bond donors (Lipinski definition) is 1. The number of nitrogens with one attached hydrogen (secondary N) is 1. The van der Waals surface area contributed by atoms with Crippen molar-refractivity contribution in [1.29, 1.82) is 0 Å². The largest absolute Gasteiger partial charge is 0.369 e. The quantitative estimate of drug-likeness (QED) is 0.735. The van der Waals surface area contributed by atoms with Gasteiger partial charge in [0.05, 0.1) is 22.6 Å². The fourth-order valence-electron chi connectivity index (χ4n) is 3.47. The van der Waals surface area contributed by atoms with E-state index in [0.29, 0.717) is 11.6 Å². The Hall–Kier alpha value is -2.57. The van der Waals surface area contributed by atoms with E-state index >= 15 is 0 Å². The summed E-state index contributed by atoms with van der Waals surface area (Å²) in [5.41, 5.74) is 3.95. The summed E-state index contributed by atoms with van der Waals surface area (Å²) in [4.78, 5) is 26.1. The number of piperazine rings is 1. The number of likely N-dealkylation sites (N-methyl/N-ethyl adjacent to an activating group) is 1. The molecule has 1 aliphatic rings. The van der Waals surface area contributed by atoms with Crippen molar-refractivity contribution in [3.8, 4) is 11.4 Å². The lowest BCUT2D eigenvalue weighted by atomic mass is 10.1. The number of para-hydroxylation sites is 2. The van der Waals surface area contributed by atoms with Gasteiger partial charge in [-0.25, -0.2) is 4.98 Å². The Labute approximate surface area is 169 Å². The van der Waals surface area contributed by atoms with E-state index in [-0.39, 0.29) is 5.91 Å². The summed E-state index contributed by atoms with van der Waals surface area (Å²) in [6, 6.07) is 14.0. The van der Waals surface area contributed by atoms with Gasteiger partial charge < -0.3 is 14.8 Å². The summed E-state index contributed by atoms with van der Waals surface area (Å²) in [6.07, 6.45) is 0. The first-order valence-electron chi connectivity index (χ1n) is 9.43. The third-order valence-corrected chi connectivity index (χ3v) is 5.52. The van der Waals surface area contributed by atoms with Crippen LogP contribution in [0.3, 0.4) is 0 Å². The van der Waals surface area contributed by atoms with E-state index in [0.717, 1.165) is 54.3 Å². The molecule has 1 aliphatic heterocycles. The van der Waals surface area contributed by atoms with Gasteiger partial charge in [0.25, 0.3) is 0 Å². The highest BCUT2D eigenvalue weighted by Gasteiger charge is 2.21. The van der Waals surface area contributed by atoms with E-state index < -0.39 is 0 Å². The van der Waals surface area contributed by atoms with Crippen molar-refractivity contribution in [1.82, 2.24) is 19.8 Å². The van der Waals surface area contributed by atoms with E-state index in [1.165, 1.54) is 0 Å². The number of imidazole rings is 1. The molecule has 0 bridgehead atoms. The molecule has 2 aromatic carbocycles. The summed E-state index contributed by atoms with van der Waals surface area (Å²) >= 11 is 6.48. The van der Waals surface area contributed by atoms with E-state index in [2.05, 4.69) is 31.9 Å². The van der Waals surface area contributed by atoms with E-state index in [4.69, 9.17) is 11.6 Å². The predicted molar refractivity (Wildman–Crippen MR) is 114 cm³/mol. The number of carbonyl (C=O) groups excluding carboxylic acids is 1. The van der Waals surface area contributed by atoms with Crippen molar-refractivity contribution in [3.63, 3.8) is 0 Å². The second-order valence-electron chi connectivity index (χ2n) is 7.32. The van der Waals surface area contributed by atoms with Crippen molar-refractivity contribution in [2.45, 2.75) is 0 Å². The van der Waals surface area contributed by atoms with Crippen LogP contribution in [0.15, 0.2) is 42.5 Å². The topological polar surface area (TPSA) is 55.5 Å². The smallest absolute Gasteiger partial charge is 0.236 e. The second-order valence-corrected chi connectivity index (χ2v) is 7.73. The molecular weight excluding hydrogens is 374 g/mol. The van der Waals surface area contributed by atoms with Crippen LogP contribution in [-0.2, 0) is 4.79 Å². The highest BCUT2D eigenvalue weighted by molar-refractivity contribution is 6.33. The molecule has 1 amide bonds. The third kappa shape index (κ3) is 3.84. The van der Waals surface area contributed by atoms with E-state index in [1.54, 1.807) is 19.0 Å². The van der Waals surface area contributed by atoms with Crippen molar-refractivity contribution in [3.05, 3.63) is 47.5 Å². The van der Waals surface area contributed by atoms with Crippen LogP contribution >= 0.6 is 11.6 Å². The van der Waals surface area contributed by atoms with Gasteiger partial charge in [0, 0.05) is 51.5 Å². The van der Waals surface area contributed by atoms with Crippen LogP contribution in [0.25, 0.3) is 22.4 Å². The standard InChI is InChI=1S/C21H24ClN5O/c1-25(2)20(28)14-26-9-11-27(12-10-26)15-7-8-17(22)16(13-15)21-23-18-5-3-4-6-19(18)24-21/h3-8,13H,9-12,14H2,1-2H3,(H,23,24). The fraction of sp³-hybridized carbons (Fsp3) is 0.333. The van der Waals surface area contributed by atoms with E-state index in [1.807, 2.05) is 30.3 Å². The van der Waals surface area contributed by atoms with Gasteiger partial charge in [-0.15, -0.1) is 0 Å². The zero-order valence-corrected chi connectivity index (χ0v) is 16.9. The van der Waals surface area contributed by atoms with Gasteiger partial charge in [-0.05, 0) is 30.3 Å². The van der Waals surface area contributed by atoms with Crippen LogP contribution in [0.1, 0.15) is 0 Å². The fourth-order valence-corrected chi connectivity index (χ4v) is 3.68. The maximum Gasteiger partial charge on any atom is 0.236 e. The van der Waals surface area contributed by atoms with Gasteiger partial charge in [-0.1, -0.05) is 23.7 Å². The second kappa shape index (κ2) is 7.81. The number of nitrogens with zero attached hydrogens (tertiary/aromatic N) is 4. The molecule has 1 aromatic heterocycles. The third-order valence-electron chi connectivity index (χ3n) is 5.19. The number of anilines is 1. The molecule has 1 saturated heterocycles. The first-order valence-corrected chi connectivity index (χ1v) is 9.81. The first kappa shape index (κ1) is 18.8. The van der Waals surface area contributed by atoms with Gasteiger partial charge in [0.1, 0.15) is 5.82 Å². The molecular formula is C21H24ClN5O. The average Bonchev–Trinajstić information content (AvgIpc) is 3.13. The maximum atomic E-state index is 11.9. The molecule has 0 radical (unpaired) electrons. The number of H-pyrrole nitrogens is 1. The summed E-state index contributed by atoms with van der Waals surface area (Å²) < 4.78 is 0. The molecule has 7 heteroatoms. The minimum atomic E-state index is 0.145. The van der Waals surface area contributed by atoms with Crippen LogP contribution in [-0.4, -0.2) is 72.5 Å². The van der Waals surface area contributed by atoms with Crippen molar-refractivity contribution >= 4 is 34.2 Å². The lowest BCUT2D eigenvalue weighted by molar-refractivity contribution is -0.129. The van der Waals surface area contributed by atoms with Crippen molar-refractivity contribution in [2.24, 2.45) is 0 Å². The summed E-state index contributed by atoms with van der Waals surface area (Å²) in [6.45, 7) is 3.96. The molecule has 3 aromatic rings. The van der Waals surface area contributed by atoms with Gasteiger partial charge in [-0.3, -0.25) is 9.69 Å². The zero-order chi connectivity index (χ0) is 19.7. The molecule has 0 unspecified atom stereocenters. The van der Waals surface area contributed by atoms with Gasteiger partial charge in [0.15, 0.2) is 0 Å². The van der Waals surface area contributed by atoms with Crippen molar-refractivity contribution in [2.75, 3.05) is 51.7 Å². The van der Waals surface area contributed by atoms with Crippen LogP contribution in [0, 0.1) is 0 Å². The van der Waals surface area contributed by atoms with Gasteiger partial charge in [0.2, 0.25) is 5.91 Å². The molecule has 0 aliphatic carbocycles. The zero-order valence-electron chi connectivity index (χ0n) is 16.2. The number of aromatic amines is 1. The van der Waals surface area contributed by atoms with Crippen LogP contribution in [0.2, 0.25) is 5.02 Å². The highest BCUT2D eigenvalue weighted by Crippen LogP contribution is 2.32. The molecule has 0 spiro atoms. The van der Waals surface area contributed by atoms with Crippen molar-refractivity contribution < 1.29 is 4.79 Å². The maximum absolute atomic E-state index is 11.9. The molecule has 6 nitrogen and oxygen atoms in total. The molecule has 28 heavy (non-hydrogen) atoms. The summed E-state index contributed by atoms with van der Waals surface area (Å²) in [5, 5.41) is 0.679. The lowest BCUT2D eigenvalue weighted by Crippen LogP contribution is -2.49. The molecule has 0 saturated carbocycles. The number of rotatable bonds is 4. The molecule has 146 valence electrons. The average molecular weight is 398 g/mol. The number of carbonyl (C=O) groups is 1. The van der Waals surface area contributed by atoms with Gasteiger partial charge >= 0.3 is 0 Å². The van der Waals surface area contributed by atoms with Crippen LogP contribution < -0.4 is 4.90 Å². The SMILES string of the molecule is CN(C)C(=O)CN1CCN(c2ccc(Cl)c(-c3nc4ccccc4[nH]3)c2)CC1. The normalized spacial score (nSPS) is 15.2. The Bertz CT molecular complexity index is 958. The first-order chi connectivity index (χ1) is 13.5. The molecule has 1 N–H and O–H groups in total. The van der Waals surface area contributed by atoms with Crippen LogP contribution in [0.4, 0.5) is 5.69 Å². The number of benzene rings is 2. The van der Waals surface area contributed by atoms with Gasteiger partial charge in [-0.2, -0.15) is 0 Å². The number of fused-ring (bicyclic) bond motifs is 1. The van der Waals surface area contributed by atoms with E-state index in [9.17, 15) is 4.79 Å². The number of amides is 1. The Balaban J connectivity index is 1.51. The lowest BCUT2D eigenvalue weighted by Gasteiger charge is -2.36. The number of aromatic nitrogens is 2. The summed E-state index contributed by atoms with van der Waals surface area (Å²) in [5.74, 6) is 0.926. The predicted octanol–water partition coefficient (Wildman–Crippen LogP) is 3.09. The Morgan fingerprint density at radius 2 is 1.89 bits per heavy atom. The molecule has 4 rings (SSSR count). The van der Waals surface area contributed by atoms with Crippen LogP contribution in [0.5, 0.6) is 0 Å². The summed E-state index contributed by atoms with van der Waals surface area (Å²) in [7, 11) is 3.60. The Morgan fingerprint density at radius 3 is 2.61 bits per heavy atom. The molecule has 0 atom stereocenters.